The molecule has 0 nitrogen and oxygen atoms in total. The van der Waals surface area contributed by atoms with Crippen LogP contribution in [-0.2, 0) is 0 Å². The largest absolute Gasteiger partial charge is 0.509 e. The van der Waals surface area contributed by atoms with Gasteiger partial charge in [-0.25, -0.2) is 0 Å². The Morgan fingerprint density at radius 1 is 1.17 bits per heavy atom. The first-order valence-electron chi connectivity index (χ1n) is 3.05. The molecular weight excluding hydrogens is 255 g/mol. The van der Waals surface area contributed by atoms with Crippen molar-refractivity contribution in [2.45, 2.75) is 0 Å². The highest BCUT2D eigenvalue weighted by Crippen LogP contribution is 2.18. The van der Waals surface area contributed by atoms with Crippen LogP contribution in [0, 0.1) is 0 Å². The van der Waals surface area contributed by atoms with E-state index in [9.17, 15) is 12.9 Å². The van der Waals surface area contributed by atoms with Gasteiger partial charge in [-0.15, -0.1) is 5.46 Å². The standard InChI is InChI=1S/C6H3BBrClF3/c8-5-1-4(7(10,11)12)2-6(9)3-5/h1-3H/q-1. The summed E-state index contributed by atoms with van der Waals surface area (Å²) in [7, 11) is 0. The molecule has 1 aromatic rings. The molecule has 6 heteroatoms. The summed E-state index contributed by atoms with van der Waals surface area (Å²) in [6, 6.07) is 3.32. The Balaban J connectivity index is 3.18. The van der Waals surface area contributed by atoms with Gasteiger partial charge in [0.15, 0.2) is 0 Å². The average molecular weight is 258 g/mol. The Morgan fingerprint density at radius 3 is 2.17 bits per heavy atom. The van der Waals surface area contributed by atoms with Crippen LogP contribution in [-0.4, -0.2) is 6.98 Å². The monoisotopic (exact) mass is 257 g/mol. The van der Waals surface area contributed by atoms with Gasteiger partial charge in [-0.2, -0.15) is 0 Å². The highest BCUT2D eigenvalue weighted by Gasteiger charge is 2.25. The third kappa shape index (κ3) is 2.42. The van der Waals surface area contributed by atoms with Gasteiger partial charge in [-0.05, 0) is 6.07 Å². The molecule has 0 amide bonds. The van der Waals surface area contributed by atoms with Crippen molar-refractivity contribution < 1.29 is 12.9 Å². The highest BCUT2D eigenvalue weighted by atomic mass is 79.9. The van der Waals surface area contributed by atoms with E-state index in [4.69, 9.17) is 11.6 Å². The molecule has 0 atom stereocenters. The van der Waals surface area contributed by atoms with Crippen molar-refractivity contribution >= 4 is 40.0 Å². The summed E-state index contributed by atoms with van der Waals surface area (Å²) >= 11 is 8.37. The molecule has 0 N–H and O–H groups in total. The van der Waals surface area contributed by atoms with E-state index in [0.717, 1.165) is 12.1 Å². The molecular formula is C6H3BBrClF3-. The van der Waals surface area contributed by atoms with Crippen LogP contribution in [0.25, 0.3) is 0 Å². The lowest BCUT2D eigenvalue weighted by Crippen LogP contribution is -2.33. The Bertz CT molecular complexity index is 279. The summed E-state index contributed by atoms with van der Waals surface area (Å²) < 4.78 is 36.7. The fourth-order valence-electron chi connectivity index (χ4n) is 0.764. The molecule has 0 radical (unpaired) electrons. The van der Waals surface area contributed by atoms with Crippen molar-refractivity contribution in [1.82, 2.24) is 0 Å². The quantitative estimate of drug-likeness (QED) is 0.679. The van der Waals surface area contributed by atoms with Crippen LogP contribution in [0.4, 0.5) is 12.9 Å². The summed E-state index contributed by atoms with van der Waals surface area (Å²) in [6.45, 7) is -4.96. The molecule has 0 unspecified atom stereocenters. The van der Waals surface area contributed by atoms with Crippen molar-refractivity contribution in [3.63, 3.8) is 0 Å². The molecule has 66 valence electrons. The van der Waals surface area contributed by atoms with Gasteiger partial charge < -0.3 is 12.9 Å². The lowest BCUT2D eigenvalue weighted by atomic mass is 9.80. The Labute approximate surface area is 80.9 Å². The van der Waals surface area contributed by atoms with Crippen molar-refractivity contribution in [3.8, 4) is 0 Å². The van der Waals surface area contributed by atoms with Crippen LogP contribution in [0.3, 0.4) is 0 Å². The zero-order valence-electron chi connectivity index (χ0n) is 5.70. The summed E-state index contributed by atoms with van der Waals surface area (Å²) in [4.78, 5) is 0. The molecule has 0 aliphatic rings. The van der Waals surface area contributed by atoms with Crippen molar-refractivity contribution in [2.24, 2.45) is 0 Å². The van der Waals surface area contributed by atoms with E-state index in [-0.39, 0.29) is 5.02 Å². The van der Waals surface area contributed by atoms with Gasteiger partial charge in [0, 0.05) is 9.50 Å². The van der Waals surface area contributed by atoms with E-state index in [0.29, 0.717) is 4.47 Å². The summed E-state index contributed by atoms with van der Waals surface area (Å²) in [5.74, 6) is 0. The Hall–Kier alpha value is -0.155. The Kier molecular flexibility index (Phi) is 2.73. The van der Waals surface area contributed by atoms with Gasteiger partial charge >= 0.3 is 6.98 Å². The fraction of sp³-hybridized carbons (Fsp3) is 0. The second kappa shape index (κ2) is 3.30. The average Bonchev–Trinajstić information content (AvgIpc) is 1.82. The number of benzene rings is 1. The minimum atomic E-state index is -4.96. The molecule has 0 bridgehead atoms. The number of hydrogen-bond acceptors (Lipinski definition) is 0. The van der Waals surface area contributed by atoms with E-state index in [1.807, 2.05) is 0 Å². The summed E-state index contributed by atoms with van der Waals surface area (Å²) in [5, 5.41) is 0.0820. The van der Waals surface area contributed by atoms with Crippen LogP contribution >= 0.6 is 27.5 Å². The van der Waals surface area contributed by atoms with Crippen LogP contribution in [0.1, 0.15) is 0 Å². The fourth-order valence-corrected chi connectivity index (χ4v) is 1.65. The molecule has 0 aromatic heterocycles. The Morgan fingerprint density at radius 2 is 1.75 bits per heavy atom. The van der Waals surface area contributed by atoms with Crippen molar-refractivity contribution in [2.75, 3.05) is 0 Å². The van der Waals surface area contributed by atoms with Gasteiger partial charge in [0.2, 0.25) is 0 Å². The van der Waals surface area contributed by atoms with Gasteiger partial charge in [-0.3, -0.25) is 0 Å². The third-order valence-corrected chi connectivity index (χ3v) is 1.94. The van der Waals surface area contributed by atoms with E-state index in [2.05, 4.69) is 15.9 Å². The molecule has 12 heavy (non-hydrogen) atoms. The second-order valence-corrected chi connectivity index (χ2v) is 3.63. The van der Waals surface area contributed by atoms with E-state index in [1.165, 1.54) is 6.07 Å². The first-order chi connectivity index (χ1) is 5.39. The topological polar surface area (TPSA) is 0 Å². The summed E-state index contributed by atoms with van der Waals surface area (Å²) in [6.07, 6.45) is 0. The maximum Gasteiger partial charge on any atom is 0.509 e. The maximum absolute atomic E-state index is 12.1. The second-order valence-electron chi connectivity index (χ2n) is 2.28. The van der Waals surface area contributed by atoms with Gasteiger partial charge in [0.25, 0.3) is 0 Å². The zero-order valence-corrected chi connectivity index (χ0v) is 8.04. The highest BCUT2D eigenvalue weighted by molar-refractivity contribution is 9.10. The number of halogens is 5. The maximum atomic E-state index is 12.1. The van der Waals surface area contributed by atoms with Gasteiger partial charge in [-0.1, -0.05) is 39.7 Å². The molecule has 0 saturated carbocycles. The van der Waals surface area contributed by atoms with E-state index < -0.39 is 12.4 Å². The van der Waals surface area contributed by atoms with E-state index >= 15 is 0 Å². The van der Waals surface area contributed by atoms with E-state index in [1.54, 1.807) is 0 Å². The van der Waals surface area contributed by atoms with Gasteiger partial charge in [0.1, 0.15) is 0 Å². The van der Waals surface area contributed by atoms with Crippen LogP contribution < -0.4 is 5.46 Å². The molecule has 0 fully saturated rings. The number of rotatable bonds is 1. The molecule has 0 spiro atoms. The molecule has 1 aromatic carbocycles. The van der Waals surface area contributed by atoms with Crippen LogP contribution in [0.15, 0.2) is 22.7 Å². The normalized spacial score (nSPS) is 11.8. The van der Waals surface area contributed by atoms with Crippen LogP contribution in [0.5, 0.6) is 0 Å². The lowest BCUT2D eigenvalue weighted by Gasteiger charge is -2.15. The van der Waals surface area contributed by atoms with Crippen molar-refractivity contribution in [3.05, 3.63) is 27.7 Å². The lowest BCUT2D eigenvalue weighted by molar-refractivity contribution is 0.501. The zero-order chi connectivity index (χ0) is 9.35. The molecule has 0 heterocycles. The van der Waals surface area contributed by atoms with Crippen molar-refractivity contribution in [1.29, 1.82) is 0 Å². The minimum absolute atomic E-state index is 0.0820. The van der Waals surface area contributed by atoms with Crippen LogP contribution in [0.2, 0.25) is 5.02 Å². The van der Waals surface area contributed by atoms with Gasteiger partial charge in [0.05, 0.1) is 0 Å². The smallest absolute Gasteiger partial charge is 0.445 e. The third-order valence-electron chi connectivity index (χ3n) is 1.26. The SMILES string of the molecule is F[B-](F)(F)c1cc(Cl)cc(Br)c1. The molecule has 0 saturated heterocycles. The predicted molar refractivity (Wildman–Crippen MR) is 47.9 cm³/mol. The number of hydrogen-bond donors (Lipinski definition) is 0. The molecule has 0 aliphatic heterocycles. The summed E-state index contributed by atoms with van der Waals surface area (Å²) in [5.41, 5.74) is -0.686. The first kappa shape index (κ1) is 9.93. The molecule has 1 rings (SSSR count). The predicted octanol–water partition coefficient (Wildman–Crippen LogP) is 3.16. The first-order valence-corrected chi connectivity index (χ1v) is 4.22. The minimum Gasteiger partial charge on any atom is -0.445 e. The molecule has 0 aliphatic carbocycles.